The number of hydrogen-bond acceptors (Lipinski definition) is 16. The Labute approximate surface area is 433 Å². The number of anilines is 2. The van der Waals surface area contributed by atoms with E-state index < -0.39 is 5.41 Å². The molecule has 2 saturated heterocycles. The maximum absolute atomic E-state index is 14.1. The van der Waals surface area contributed by atoms with Gasteiger partial charge in [0.05, 0.1) is 30.6 Å². The summed E-state index contributed by atoms with van der Waals surface area (Å²) in [5.41, 5.74) is 21.5. The zero-order valence-electron chi connectivity index (χ0n) is 41.3. The van der Waals surface area contributed by atoms with Crippen LogP contribution in [0.5, 0.6) is 0 Å². The highest BCUT2D eigenvalue weighted by molar-refractivity contribution is 6.13. The average molecular weight is 1070 g/mol. The Morgan fingerprint density at radius 3 is 1.94 bits per heavy atom. The molecule has 38 nitrogen and oxygen atoms in total. The number of amides is 2. The second kappa shape index (κ2) is 32.6. The molecule has 2 amide bonds. The summed E-state index contributed by atoms with van der Waals surface area (Å²) in [6.07, 6.45) is 5.66. The molecule has 5 heterocycles. The van der Waals surface area contributed by atoms with Gasteiger partial charge in [0, 0.05) is 79.6 Å². The van der Waals surface area contributed by atoms with Crippen LogP contribution in [0.4, 0.5) is 15.9 Å². The van der Waals surface area contributed by atoms with Gasteiger partial charge < -0.3 is 30.6 Å². The number of hydrogen-bond donors (Lipinski definition) is 7. The predicted molar refractivity (Wildman–Crippen MR) is 262 cm³/mol. The fourth-order valence-electron chi connectivity index (χ4n) is 7.32. The van der Waals surface area contributed by atoms with Crippen molar-refractivity contribution in [2.24, 2.45) is 122 Å². The number of carbonyl (C=O) groups excluding carboxylic acids is 2. The molecule has 1 unspecified atom stereocenters. The predicted octanol–water partition coefficient (Wildman–Crippen LogP) is 7.91. The fourth-order valence-corrected chi connectivity index (χ4v) is 7.32. The lowest BCUT2D eigenvalue weighted by atomic mass is 9.81. The van der Waals surface area contributed by atoms with E-state index in [9.17, 15) is 14.0 Å². The average Bonchev–Trinajstić information content (AvgIpc) is 4.08. The Balaban J connectivity index is 0.000000406. The molecule has 0 radical (unpaired) electrons. The monoisotopic (exact) mass is 1060 g/mol. The van der Waals surface area contributed by atoms with E-state index >= 15 is 0 Å². The molecule has 2 aliphatic rings. The van der Waals surface area contributed by atoms with Gasteiger partial charge in [0.2, 0.25) is 11.8 Å². The highest BCUT2D eigenvalue weighted by Gasteiger charge is 2.48. The largest absolute Gasteiger partial charge is 0.399 e. The van der Waals surface area contributed by atoms with Crippen molar-refractivity contribution in [2.45, 2.75) is 26.3 Å². The number of nitrogens with two attached hydrogens (primary N) is 2. The van der Waals surface area contributed by atoms with Crippen molar-refractivity contribution in [2.75, 3.05) is 63.7 Å². The number of likely N-dealkylation sites (tertiary alicyclic amines) is 1. The van der Waals surface area contributed by atoms with Gasteiger partial charge in [-0.3, -0.25) is 19.6 Å². The van der Waals surface area contributed by atoms with E-state index in [2.05, 4.69) is 156 Å². The summed E-state index contributed by atoms with van der Waals surface area (Å²) < 4.78 is 13.6. The Hall–Kier alpha value is -10.4. The zero-order valence-corrected chi connectivity index (χ0v) is 41.3. The number of halogens is 1. The van der Waals surface area contributed by atoms with Crippen LogP contribution in [-0.2, 0) is 19.3 Å². The van der Waals surface area contributed by atoms with Gasteiger partial charge >= 0.3 is 0 Å². The number of carbonyl (C=O) groups is 2. The zero-order chi connectivity index (χ0) is 55.7. The van der Waals surface area contributed by atoms with E-state index in [0.717, 1.165) is 27.8 Å². The van der Waals surface area contributed by atoms with Gasteiger partial charge in [-0.25, -0.2) is 25.2 Å². The molecule has 2 atom stereocenters. The summed E-state index contributed by atoms with van der Waals surface area (Å²) >= 11 is 0. The molecule has 2 aromatic carbocycles. The number of rotatable bonds is 18. The van der Waals surface area contributed by atoms with E-state index in [0.29, 0.717) is 62.1 Å². The molecule has 5 aromatic rings. The molecule has 2 fully saturated rings. The first-order chi connectivity index (χ1) is 37.5. The van der Waals surface area contributed by atoms with Gasteiger partial charge in [0.1, 0.15) is 24.2 Å². The Kier molecular flexibility index (Phi) is 25.0. The van der Waals surface area contributed by atoms with Gasteiger partial charge in [-0.1, -0.05) is 10.4 Å². The highest BCUT2D eigenvalue weighted by Crippen LogP contribution is 2.36. The first-order valence-corrected chi connectivity index (χ1v) is 21.9. The second-order valence-electron chi connectivity index (χ2n) is 15.0. The summed E-state index contributed by atoms with van der Waals surface area (Å²) in [6, 6.07) is 17.3. The van der Waals surface area contributed by atoms with Crippen LogP contribution in [0.15, 0.2) is 184 Å². The first kappa shape index (κ1) is 59.1. The van der Waals surface area contributed by atoms with E-state index in [-0.39, 0.29) is 30.2 Å². The van der Waals surface area contributed by atoms with Gasteiger partial charge in [-0.2, -0.15) is 21.7 Å². The Morgan fingerprint density at radius 1 is 0.805 bits per heavy atom. The number of nitrogens with zero attached hydrogens (tertiary/aromatic N) is 27. The van der Waals surface area contributed by atoms with Crippen molar-refractivity contribution in [3.05, 3.63) is 85.1 Å². The summed E-state index contributed by atoms with van der Waals surface area (Å²) in [4.78, 5) is 56.0. The first-order valence-electron chi connectivity index (χ1n) is 21.9. The normalized spacial score (nSPS) is 17.1. The van der Waals surface area contributed by atoms with Crippen molar-refractivity contribution in [1.29, 1.82) is 16.6 Å². The standard InChI is InChI=1S/C37H39FN10O3.CH5NO.H2N12.H3N11/c1-24-21-47(32-12-7-27(20-41-32)35-39-14-4-15-40-35)17-18-48(24)33(49)22-46-16-13-37(23-46,25(2)45-51-3)36(50)42-29-10-11-31-30(19-29)34(44-43-31)26-5-8-28(38)9-6-26;1-3-2;1-3-5-7-9-11-12-10-8-6-4-2;1-3-5-7-9-11-10-8-6-4-2/h4-12,14-15,19-20,24H,13,16-18,21-23H2,1-3H3,(H,42,50)(H,43,44);2H2,1H3;1-2H;(H3,1,2,5,6,9,10)/b;;3-1?,4-2?,7-5+,8-6+,11-9+,12-10+;/t24-,37?;;;/m1.../s1. The maximum Gasteiger partial charge on any atom is 0.237 e. The third kappa shape index (κ3) is 18.5. The van der Waals surface area contributed by atoms with E-state index in [4.69, 9.17) is 21.4 Å². The van der Waals surface area contributed by atoms with Crippen LogP contribution >= 0.6 is 0 Å². The quantitative estimate of drug-likeness (QED) is 0.0190. The van der Waals surface area contributed by atoms with Crippen molar-refractivity contribution in [3.8, 4) is 22.6 Å². The summed E-state index contributed by atoms with van der Waals surface area (Å²) in [5, 5.41) is 68.6. The SMILES string of the molecule is CON.CON=C(C)C1(C(=O)Nc2ccc3[nH]nc(-c4ccc(F)cc4)c3c2)CCN(CC(=O)N2CCN(c3ccc(-c4ncccn4)cn3)C[C@H]2C)C1.N=N/N=N/N=N/N=N/N=N/N.N=N/N=N/N=N/N=N/N=N/N=N. The van der Waals surface area contributed by atoms with Crippen molar-refractivity contribution < 1.29 is 23.7 Å². The number of H-pyrrole nitrogens is 1. The fraction of sp³-hybridized carbons (Fsp3) is 0.342. The minimum atomic E-state index is -1.01. The lowest BCUT2D eigenvalue weighted by Crippen LogP contribution is -2.56. The van der Waals surface area contributed by atoms with Crippen LogP contribution in [0.2, 0.25) is 0 Å². The minimum Gasteiger partial charge on any atom is -0.399 e. The van der Waals surface area contributed by atoms with Crippen molar-refractivity contribution in [3.63, 3.8) is 0 Å². The van der Waals surface area contributed by atoms with E-state index in [1.807, 2.05) is 47.1 Å². The third-order valence-corrected chi connectivity index (χ3v) is 10.6. The van der Waals surface area contributed by atoms with Crippen molar-refractivity contribution in [1.82, 2.24) is 34.9 Å². The van der Waals surface area contributed by atoms with E-state index in [1.165, 1.54) is 26.4 Å². The summed E-state index contributed by atoms with van der Waals surface area (Å²) in [7, 11) is 2.86. The van der Waals surface area contributed by atoms with Crippen LogP contribution in [0.1, 0.15) is 20.3 Å². The Morgan fingerprint density at radius 2 is 1.39 bits per heavy atom. The van der Waals surface area contributed by atoms with Crippen LogP contribution in [0.25, 0.3) is 33.5 Å². The molecular weight excluding hydrogens is 1020 g/mol. The number of oxime groups is 1. The lowest BCUT2D eigenvalue weighted by Gasteiger charge is -2.41. The molecule has 3 aromatic heterocycles. The number of fused-ring (bicyclic) bond motifs is 1. The molecule has 0 aliphatic carbocycles. The molecule has 0 spiro atoms. The molecule has 2 aliphatic heterocycles. The maximum atomic E-state index is 14.1. The van der Waals surface area contributed by atoms with E-state index in [1.54, 1.807) is 43.7 Å². The molecule has 0 bridgehead atoms. The third-order valence-electron chi connectivity index (χ3n) is 10.6. The smallest absolute Gasteiger partial charge is 0.237 e. The number of benzene rings is 2. The number of aromatic nitrogens is 5. The second-order valence-corrected chi connectivity index (χ2v) is 15.0. The molecule has 402 valence electrons. The molecule has 39 heteroatoms. The number of nitrogens with one attached hydrogen (secondary N) is 5. The number of pyridine rings is 1. The summed E-state index contributed by atoms with van der Waals surface area (Å²) in [6.45, 7) is 6.74. The molecule has 9 N–H and O–H groups in total. The highest BCUT2D eigenvalue weighted by atomic mass is 19.1. The molecule has 7 rings (SSSR count). The van der Waals surface area contributed by atoms with Gasteiger partial charge in [0.15, 0.2) is 5.82 Å². The van der Waals surface area contributed by atoms with Gasteiger partial charge in [0.25, 0.3) is 0 Å². The van der Waals surface area contributed by atoms with Crippen LogP contribution in [0.3, 0.4) is 0 Å². The van der Waals surface area contributed by atoms with Crippen LogP contribution in [0, 0.1) is 27.8 Å². The van der Waals surface area contributed by atoms with Gasteiger partial charge in [-0.05, 0) is 175 Å². The topological polar surface area (TPSA) is 512 Å². The molecular formula is C38H49FN34O4. The molecule has 0 saturated carbocycles. The Bertz CT molecular complexity index is 2920. The minimum absolute atomic E-state index is 0.0166. The van der Waals surface area contributed by atoms with Crippen LogP contribution in [-0.4, -0.2) is 112 Å². The molecule has 77 heavy (non-hydrogen) atoms. The summed E-state index contributed by atoms with van der Waals surface area (Å²) in [5.74, 6) is 9.81. The van der Waals surface area contributed by atoms with Crippen molar-refractivity contribution >= 4 is 39.9 Å². The lowest BCUT2D eigenvalue weighted by molar-refractivity contribution is -0.135. The number of piperazine rings is 1. The van der Waals surface area contributed by atoms with Crippen LogP contribution < -0.4 is 22.0 Å². The van der Waals surface area contributed by atoms with Gasteiger partial charge in [-0.15, -0.1) is 0 Å². The number of aromatic amines is 1.